The lowest BCUT2D eigenvalue weighted by atomic mass is 10.0. The van der Waals surface area contributed by atoms with Crippen LogP contribution in [0.1, 0.15) is 32.4 Å². The third kappa shape index (κ3) is 3.00. The average molecular weight is 414 g/mol. The summed E-state index contributed by atoms with van der Waals surface area (Å²) in [5.41, 5.74) is 2.65. The molecule has 1 N–H and O–H groups in total. The number of fused-ring (bicyclic) bond motifs is 5. The normalized spacial score (nSPS) is 16.5. The molecule has 3 aromatic rings. The molecule has 1 aromatic heterocycles. The Morgan fingerprint density at radius 3 is 2.48 bits per heavy atom. The minimum Gasteiger partial charge on any atom is -0.481 e. The van der Waals surface area contributed by atoms with E-state index in [0.717, 1.165) is 0 Å². The van der Waals surface area contributed by atoms with Gasteiger partial charge in [-0.15, -0.1) is 0 Å². The minimum absolute atomic E-state index is 0.190. The molecule has 0 bridgehead atoms. The third-order valence-corrected chi connectivity index (χ3v) is 5.43. The van der Waals surface area contributed by atoms with E-state index in [1.807, 2.05) is 12.1 Å². The van der Waals surface area contributed by atoms with Crippen molar-refractivity contribution in [3.63, 3.8) is 0 Å². The number of hydrogen-bond acceptors (Lipinski definition) is 5. The summed E-state index contributed by atoms with van der Waals surface area (Å²) in [6.45, 7) is -0.220. The van der Waals surface area contributed by atoms with Crippen molar-refractivity contribution in [2.45, 2.75) is 6.17 Å². The Balaban J connectivity index is 1.49. The van der Waals surface area contributed by atoms with Crippen molar-refractivity contribution in [2.24, 2.45) is 0 Å². The number of anilines is 2. The van der Waals surface area contributed by atoms with Gasteiger partial charge < -0.3 is 15.0 Å². The fraction of sp³-hybridized carbons (Fsp3) is 0.130. The number of para-hydroxylation sites is 1. The Labute approximate surface area is 178 Å². The molecule has 3 heterocycles. The quantitative estimate of drug-likeness (QED) is 0.709. The molecule has 8 nitrogen and oxygen atoms in total. The SMILES string of the molecule is COc1ccc(NC(=O)CN2C(=O)c3ccccc3N3C(=O)c4ccccc4C23)cn1. The van der Waals surface area contributed by atoms with Crippen LogP contribution in [-0.2, 0) is 4.79 Å². The number of ether oxygens (including phenoxy) is 1. The fourth-order valence-corrected chi connectivity index (χ4v) is 4.06. The zero-order chi connectivity index (χ0) is 21.5. The van der Waals surface area contributed by atoms with Crippen molar-refractivity contribution in [1.82, 2.24) is 9.88 Å². The van der Waals surface area contributed by atoms with E-state index < -0.39 is 12.1 Å². The number of carbonyl (C=O) groups is 3. The van der Waals surface area contributed by atoms with Crippen molar-refractivity contribution in [1.29, 1.82) is 0 Å². The van der Waals surface area contributed by atoms with Crippen molar-refractivity contribution < 1.29 is 19.1 Å². The van der Waals surface area contributed by atoms with Gasteiger partial charge in [-0.05, 0) is 24.3 Å². The predicted octanol–water partition coefficient (Wildman–Crippen LogP) is 2.84. The summed E-state index contributed by atoms with van der Waals surface area (Å²) >= 11 is 0. The number of amides is 3. The second-order valence-corrected chi connectivity index (χ2v) is 7.22. The number of rotatable bonds is 4. The van der Waals surface area contributed by atoms with E-state index in [1.54, 1.807) is 53.4 Å². The molecule has 154 valence electrons. The highest BCUT2D eigenvalue weighted by atomic mass is 16.5. The van der Waals surface area contributed by atoms with Gasteiger partial charge in [0.1, 0.15) is 12.7 Å². The smallest absolute Gasteiger partial charge is 0.260 e. The lowest BCUT2D eigenvalue weighted by molar-refractivity contribution is -0.117. The maximum absolute atomic E-state index is 13.3. The summed E-state index contributed by atoms with van der Waals surface area (Å²) in [6.07, 6.45) is 0.802. The van der Waals surface area contributed by atoms with Crippen LogP contribution < -0.4 is 15.0 Å². The number of benzene rings is 2. The average Bonchev–Trinajstić information content (AvgIpc) is 3.10. The van der Waals surface area contributed by atoms with Crippen LogP contribution >= 0.6 is 0 Å². The fourth-order valence-electron chi connectivity index (χ4n) is 4.06. The Morgan fingerprint density at radius 1 is 1.00 bits per heavy atom. The topological polar surface area (TPSA) is 91.8 Å². The molecule has 0 aliphatic carbocycles. The van der Waals surface area contributed by atoms with Crippen molar-refractivity contribution >= 4 is 29.1 Å². The molecule has 0 fully saturated rings. The Bertz CT molecular complexity index is 1210. The molecule has 0 saturated heterocycles. The maximum Gasteiger partial charge on any atom is 0.260 e. The molecular weight excluding hydrogens is 396 g/mol. The molecular formula is C23H18N4O4. The third-order valence-electron chi connectivity index (χ3n) is 5.43. The van der Waals surface area contributed by atoms with Gasteiger partial charge in [-0.3, -0.25) is 19.3 Å². The summed E-state index contributed by atoms with van der Waals surface area (Å²) in [5.74, 6) is -0.455. The number of hydrogen-bond donors (Lipinski definition) is 1. The van der Waals surface area contributed by atoms with Crippen LogP contribution in [-0.4, -0.2) is 41.3 Å². The number of carbonyl (C=O) groups excluding carboxylic acids is 3. The lowest BCUT2D eigenvalue weighted by Crippen LogP contribution is -2.50. The van der Waals surface area contributed by atoms with Gasteiger partial charge in [0.2, 0.25) is 11.8 Å². The van der Waals surface area contributed by atoms with Gasteiger partial charge in [0, 0.05) is 17.2 Å². The van der Waals surface area contributed by atoms with Crippen LogP contribution in [0.15, 0.2) is 66.9 Å². The monoisotopic (exact) mass is 414 g/mol. The molecule has 0 radical (unpaired) electrons. The van der Waals surface area contributed by atoms with Crippen LogP contribution in [0.5, 0.6) is 5.88 Å². The van der Waals surface area contributed by atoms with Gasteiger partial charge in [-0.1, -0.05) is 30.3 Å². The first-order valence-corrected chi connectivity index (χ1v) is 9.71. The molecule has 8 heteroatoms. The maximum atomic E-state index is 13.3. The van der Waals surface area contributed by atoms with Crippen LogP contribution in [0.4, 0.5) is 11.4 Å². The number of nitrogens with zero attached hydrogens (tertiary/aromatic N) is 3. The zero-order valence-corrected chi connectivity index (χ0v) is 16.6. The number of nitrogens with one attached hydrogen (secondary N) is 1. The first kappa shape index (κ1) is 18.8. The Hall–Kier alpha value is -4.20. The van der Waals surface area contributed by atoms with Gasteiger partial charge in [0.15, 0.2) is 0 Å². The second kappa shape index (κ2) is 7.24. The van der Waals surface area contributed by atoms with Gasteiger partial charge in [0.25, 0.3) is 11.8 Å². The number of pyridine rings is 1. The van der Waals surface area contributed by atoms with E-state index in [9.17, 15) is 14.4 Å². The molecule has 1 unspecified atom stereocenters. The van der Waals surface area contributed by atoms with E-state index in [-0.39, 0.29) is 18.4 Å². The van der Waals surface area contributed by atoms with Crippen LogP contribution in [0.3, 0.4) is 0 Å². The molecule has 2 aliphatic rings. The summed E-state index contributed by atoms with van der Waals surface area (Å²) in [4.78, 5) is 46.4. The van der Waals surface area contributed by atoms with E-state index in [0.29, 0.717) is 33.9 Å². The highest BCUT2D eigenvalue weighted by Gasteiger charge is 2.48. The highest BCUT2D eigenvalue weighted by molar-refractivity contribution is 6.17. The van der Waals surface area contributed by atoms with E-state index in [2.05, 4.69) is 10.3 Å². The lowest BCUT2D eigenvalue weighted by Gasteiger charge is -2.40. The molecule has 0 spiro atoms. The van der Waals surface area contributed by atoms with Crippen LogP contribution in [0.2, 0.25) is 0 Å². The largest absolute Gasteiger partial charge is 0.481 e. The Kier molecular flexibility index (Phi) is 4.39. The molecule has 2 aliphatic heterocycles. The highest BCUT2D eigenvalue weighted by Crippen LogP contribution is 2.44. The summed E-state index contributed by atoms with van der Waals surface area (Å²) in [7, 11) is 1.51. The van der Waals surface area contributed by atoms with Crippen LogP contribution in [0.25, 0.3) is 0 Å². The van der Waals surface area contributed by atoms with Crippen molar-refractivity contribution in [3.05, 3.63) is 83.6 Å². The van der Waals surface area contributed by atoms with Crippen molar-refractivity contribution in [3.8, 4) is 5.88 Å². The Morgan fingerprint density at radius 2 is 1.74 bits per heavy atom. The van der Waals surface area contributed by atoms with Gasteiger partial charge in [0.05, 0.1) is 30.2 Å². The molecule has 1 atom stereocenters. The molecule has 0 saturated carbocycles. The summed E-state index contributed by atoms with van der Waals surface area (Å²) < 4.78 is 5.02. The molecule has 5 rings (SSSR count). The molecule has 3 amide bonds. The van der Waals surface area contributed by atoms with Crippen molar-refractivity contribution in [2.75, 3.05) is 23.9 Å². The second-order valence-electron chi connectivity index (χ2n) is 7.22. The summed E-state index contributed by atoms with van der Waals surface area (Å²) in [5, 5.41) is 2.75. The van der Waals surface area contributed by atoms with Gasteiger partial charge >= 0.3 is 0 Å². The standard InChI is InChI=1S/C23H18N4O4/c1-31-20-11-10-14(12-24-20)25-19(28)13-26-21-15-6-2-3-7-16(15)23(30)27(21)18-9-5-4-8-17(18)22(26)29/h2-12,21H,13H2,1H3,(H,25,28). The van der Waals surface area contributed by atoms with E-state index in [1.165, 1.54) is 18.2 Å². The minimum atomic E-state index is -0.675. The number of methoxy groups -OCH3 is 1. The zero-order valence-electron chi connectivity index (χ0n) is 16.6. The predicted molar refractivity (Wildman–Crippen MR) is 113 cm³/mol. The molecule has 31 heavy (non-hydrogen) atoms. The first-order valence-electron chi connectivity index (χ1n) is 9.71. The van der Waals surface area contributed by atoms with Crippen LogP contribution in [0, 0.1) is 0 Å². The van der Waals surface area contributed by atoms with E-state index in [4.69, 9.17) is 4.74 Å². The molecule has 2 aromatic carbocycles. The first-order chi connectivity index (χ1) is 15.1. The van der Waals surface area contributed by atoms with E-state index >= 15 is 0 Å². The summed E-state index contributed by atoms with van der Waals surface area (Å²) in [6, 6.07) is 17.4. The number of aromatic nitrogens is 1. The van der Waals surface area contributed by atoms with Gasteiger partial charge in [-0.25, -0.2) is 4.98 Å². The van der Waals surface area contributed by atoms with Gasteiger partial charge in [-0.2, -0.15) is 0 Å².